The Balaban J connectivity index is 1.87. The van der Waals surface area contributed by atoms with Gasteiger partial charge in [-0.05, 0) is 30.3 Å². The van der Waals surface area contributed by atoms with Crippen LogP contribution in [0.3, 0.4) is 0 Å². The van der Waals surface area contributed by atoms with Crippen LogP contribution in [0, 0.1) is 0 Å². The lowest BCUT2D eigenvalue weighted by molar-refractivity contribution is -0.0498. The first-order chi connectivity index (χ1) is 13.0. The number of fused-ring (bicyclic) bond motifs is 3. The number of nitrogens with zero attached hydrogens (tertiary/aromatic N) is 4. The Bertz CT molecular complexity index is 1190. The minimum absolute atomic E-state index is 0.0255. The van der Waals surface area contributed by atoms with Crippen molar-refractivity contribution >= 4 is 37.5 Å². The first kappa shape index (κ1) is 17.3. The maximum absolute atomic E-state index is 13.0. The lowest BCUT2D eigenvalue weighted by Crippen LogP contribution is -2.17. The number of hydrogen-bond acceptors (Lipinski definition) is 6. The monoisotopic (exact) mass is 388 g/mol. The average molecular weight is 388 g/mol. The fourth-order valence-electron chi connectivity index (χ4n) is 2.88. The molecular weight excluding hydrogens is 374 g/mol. The van der Waals surface area contributed by atoms with E-state index in [4.69, 9.17) is 0 Å². The van der Waals surface area contributed by atoms with Gasteiger partial charge in [-0.1, -0.05) is 0 Å². The number of alkyl halides is 2. The van der Waals surface area contributed by atoms with E-state index in [1.807, 2.05) is 25.1 Å². The van der Waals surface area contributed by atoms with Crippen molar-refractivity contribution in [3.8, 4) is 11.4 Å². The zero-order valence-corrected chi connectivity index (χ0v) is 15.2. The van der Waals surface area contributed by atoms with Crippen LogP contribution in [0.5, 0.6) is 5.75 Å². The Labute approximate surface area is 156 Å². The molecule has 0 bridgehead atoms. The molecule has 0 spiro atoms. The number of halogens is 2. The Morgan fingerprint density at radius 2 is 1.89 bits per heavy atom. The van der Waals surface area contributed by atoms with Crippen molar-refractivity contribution in [1.29, 1.82) is 0 Å². The van der Waals surface area contributed by atoms with Gasteiger partial charge in [-0.15, -0.1) is 11.3 Å². The highest BCUT2D eigenvalue weighted by molar-refractivity contribution is 7.25. The van der Waals surface area contributed by atoms with Gasteiger partial charge in [0.1, 0.15) is 21.6 Å². The molecule has 4 rings (SSSR count). The van der Waals surface area contributed by atoms with Crippen molar-refractivity contribution in [1.82, 2.24) is 14.5 Å². The van der Waals surface area contributed by atoms with Gasteiger partial charge in [-0.3, -0.25) is 9.36 Å². The van der Waals surface area contributed by atoms with Crippen LogP contribution >= 0.6 is 11.3 Å². The average Bonchev–Trinajstić information content (AvgIpc) is 3.02. The first-order valence-electron chi connectivity index (χ1n) is 7.97. The van der Waals surface area contributed by atoms with Crippen molar-refractivity contribution in [2.24, 2.45) is 0 Å². The summed E-state index contributed by atoms with van der Waals surface area (Å²) in [5, 5.41) is 0.840. The van der Waals surface area contributed by atoms with Crippen molar-refractivity contribution in [2.75, 3.05) is 19.0 Å². The normalized spacial score (nSPS) is 11.4. The molecule has 4 aromatic rings. The number of pyridine rings is 1. The van der Waals surface area contributed by atoms with Gasteiger partial charge in [-0.2, -0.15) is 8.78 Å². The van der Waals surface area contributed by atoms with Crippen LogP contribution in [-0.2, 0) is 0 Å². The van der Waals surface area contributed by atoms with Crippen LogP contribution in [0.1, 0.15) is 0 Å². The molecule has 0 unspecified atom stereocenters. The van der Waals surface area contributed by atoms with E-state index in [0.717, 1.165) is 15.9 Å². The summed E-state index contributed by atoms with van der Waals surface area (Å²) < 4.78 is 30.8. The molecule has 0 amide bonds. The van der Waals surface area contributed by atoms with E-state index in [0.29, 0.717) is 15.9 Å². The molecule has 0 saturated heterocycles. The zero-order chi connectivity index (χ0) is 19.1. The van der Waals surface area contributed by atoms with Gasteiger partial charge in [0, 0.05) is 20.3 Å². The van der Waals surface area contributed by atoms with Crippen molar-refractivity contribution < 1.29 is 13.5 Å². The smallest absolute Gasteiger partial charge is 0.387 e. The summed E-state index contributed by atoms with van der Waals surface area (Å²) in [4.78, 5) is 24.5. The van der Waals surface area contributed by atoms with Gasteiger partial charge in [0.05, 0.1) is 22.3 Å². The van der Waals surface area contributed by atoms with Gasteiger partial charge in [-0.25, -0.2) is 9.97 Å². The topological polar surface area (TPSA) is 60.2 Å². The Morgan fingerprint density at radius 3 is 2.56 bits per heavy atom. The van der Waals surface area contributed by atoms with E-state index in [1.54, 1.807) is 6.20 Å². The zero-order valence-electron chi connectivity index (χ0n) is 14.4. The predicted octanol–water partition coefficient (Wildman–Crippen LogP) is 3.66. The summed E-state index contributed by atoms with van der Waals surface area (Å²) in [6.07, 6.45) is 3.14. The second-order valence-corrected chi connectivity index (χ2v) is 6.98. The summed E-state index contributed by atoms with van der Waals surface area (Å²) in [6, 6.07) is 7.71. The van der Waals surface area contributed by atoms with E-state index in [9.17, 15) is 13.6 Å². The molecule has 0 fully saturated rings. The molecule has 0 radical (unpaired) electrons. The van der Waals surface area contributed by atoms with Crippen LogP contribution in [0.15, 0.2) is 47.7 Å². The molecule has 138 valence electrons. The molecule has 9 heteroatoms. The minimum Gasteiger partial charge on any atom is -0.435 e. The maximum Gasteiger partial charge on any atom is 0.387 e. The van der Waals surface area contributed by atoms with E-state index in [1.165, 1.54) is 46.5 Å². The molecule has 0 aliphatic carbocycles. The fourth-order valence-corrected chi connectivity index (χ4v) is 3.93. The quantitative estimate of drug-likeness (QED) is 0.534. The highest BCUT2D eigenvalue weighted by Gasteiger charge is 2.17. The molecular formula is C18H14F2N4O2S. The summed E-state index contributed by atoms with van der Waals surface area (Å²) in [6.45, 7) is -2.89. The van der Waals surface area contributed by atoms with Crippen LogP contribution in [-0.4, -0.2) is 35.2 Å². The van der Waals surface area contributed by atoms with E-state index < -0.39 is 6.61 Å². The van der Waals surface area contributed by atoms with Gasteiger partial charge < -0.3 is 9.64 Å². The molecule has 1 aromatic carbocycles. The third kappa shape index (κ3) is 2.99. The number of rotatable bonds is 4. The Kier molecular flexibility index (Phi) is 4.23. The SMILES string of the molecule is CN(C)c1ccnc2sc3c(=O)n(-c4ccc(OC(F)F)cc4)cnc3c12. The number of ether oxygens (including phenoxy) is 1. The molecule has 0 aliphatic heterocycles. The third-order valence-electron chi connectivity index (χ3n) is 4.08. The highest BCUT2D eigenvalue weighted by Crippen LogP contribution is 2.35. The molecule has 0 saturated carbocycles. The second-order valence-electron chi connectivity index (χ2n) is 5.98. The van der Waals surface area contributed by atoms with Crippen LogP contribution in [0.25, 0.3) is 26.1 Å². The Hall–Kier alpha value is -3.07. The maximum atomic E-state index is 13.0. The predicted molar refractivity (Wildman–Crippen MR) is 101 cm³/mol. The number of benzene rings is 1. The van der Waals surface area contributed by atoms with Crippen molar-refractivity contribution in [3.05, 3.63) is 53.2 Å². The van der Waals surface area contributed by atoms with E-state index in [-0.39, 0.29) is 11.3 Å². The molecule has 0 N–H and O–H groups in total. The standard InChI is InChI=1S/C18H14F2N4O2S/c1-23(2)12-7-8-21-16-13(12)14-15(27-16)17(25)24(9-22-14)10-3-5-11(6-4-10)26-18(19)20/h3-9,18H,1-2H3. The summed E-state index contributed by atoms with van der Waals surface area (Å²) >= 11 is 1.28. The summed E-state index contributed by atoms with van der Waals surface area (Å²) in [5.41, 5.74) is 1.81. The lowest BCUT2D eigenvalue weighted by atomic mass is 10.2. The van der Waals surface area contributed by atoms with Crippen LogP contribution in [0.4, 0.5) is 14.5 Å². The molecule has 6 nitrogen and oxygen atoms in total. The minimum atomic E-state index is -2.89. The van der Waals surface area contributed by atoms with Gasteiger partial charge in [0.25, 0.3) is 5.56 Å². The third-order valence-corrected chi connectivity index (χ3v) is 5.16. The van der Waals surface area contributed by atoms with Gasteiger partial charge in [0.2, 0.25) is 0 Å². The Morgan fingerprint density at radius 1 is 1.15 bits per heavy atom. The molecule has 3 heterocycles. The van der Waals surface area contributed by atoms with E-state index >= 15 is 0 Å². The highest BCUT2D eigenvalue weighted by atomic mass is 32.1. The van der Waals surface area contributed by atoms with Crippen LogP contribution < -0.4 is 15.2 Å². The van der Waals surface area contributed by atoms with E-state index in [2.05, 4.69) is 14.7 Å². The summed E-state index contributed by atoms with van der Waals surface area (Å²) in [5.74, 6) is 0.0255. The molecule has 0 atom stereocenters. The van der Waals surface area contributed by atoms with Crippen molar-refractivity contribution in [3.63, 3.8) is 0 Å². The number of hydrogen-bond donors (Lipinski definition) is 0. The second kappa shape index (κ2) is 6.58. The van der Waals surface area contributed by atoms with Crippen LogP contribution in [0.2, 0.25) is 0 Å². The largest absolute Gasteiger partial charge is 0.435 e. The molecule has 27 heavy (non-hydrogen) atoms. The first-order valence-corrected chi connectivity index (χ1v) is 8.79. The molecule has 3 aromatic heterocycles. The van der Waals surface area contributed by atoms with Gasteiger partial charge in [0.15, 0.2) is 0 Å². The van der Waals surface area contributed by atoms with Crippen molar-refractivity contribution in [2.45, 2.75) is 6.61 Å². The number of aromatic nitrogens is 3. The molecule has 0 aliphatic rings. The fraction of sp³-hybridized carbons (Fsp3) is 0.167. The lowest BCUT2D eigenvalue weighted by Gasteiger charge is -2.13. The summed E-state index contributed by atoms with van der Waals surface area (Å²) in [7, 11) is 3.84. The van der Waals surface area contributed by atoms with Gasteiger partial charge >= 0.3 is 6.61 Å². The number of anilines is 1. The number of thiophene rings is 1.